The minimum absolute atomic E-state index is 0.114. The van der Waals surface area contributed by atoms with Gasteiger partial charge in [0.05, 0.1) is 0 Å². The first-order valence-electron chi connectivity index (χ1n) is 5.73. The normalized spacial score (nSPS) is 13.9. The molecule has 1 aromatic carbocycles. The molecule has 0 aliphatic heterocycles. The van der Waals surface area contributed by atoms with Crippen LogP contribution < -0.4 is 5.73 Å². The van der Waals surface area contributed by atoms with Crippen molar-refractivity contribution in [3.63, 3.8) is 0 Å². The molecule has 0 fully saturated rings. The van der Waals surface area contributed by atoms with Crippen LogP contribution in [0.15, 0.2) is 24.3 Å². The third-order valence-corrected chi connectivity index (χ3v) is 3.29. The van der Waals surface area contributed by atoms with Gasteiger partial charge in [-0.2, -0.15) is 0 Å². The molecule has 0 spiro atoms. The van der Waals surface area contributed by atoms with Crippen molar-refractivity contribution in [2.75, 3.05) is 0 Å². The average Bonchev–Trinajstić information content (AvgIpc) is 2.35. The van der Waals surface area contributed by atoms with Gasteiger partial charge in [-0.1, -0.05) is 43.6 Å². The van der Waals surface area contributed by atoms with E-state index in [4.69, 9.17) is 27.2 Å². The van der Waals surface area contributed by atoms with E-state index in [1.165, 1.54) is 0 Å². The Bertz CT molecular complexity index is 489. The van der Waals surface area contributed by atoms with E-state index < -0.39 is 23.4 Å². The number of carbonyl (C=O) groups is 2. The largest absolute Gasteiger partial charge is 0.479 e. The van der Waals surface area contributed by atoms with Crippen LogP contribution in [0.2, 0.25) is 5.02 Å². The van der Waals surface area contributed by atoms with Crippen LogP contribution in [0, 0.1) is 5.92 Å². The van der Waals surface area contributed by atoms with Gasteiger partial charge >= 0.3 is 11.9 Å². The van der Waals surface area contributed by atoms with Gasteiger partial charge in [0.2, 0.25) is 5.54 Å². The zero-order valence-corrected chi connectivity index (χ0v) is 11.5. The van der Waals surface area contributed by atoms with Crippen molar-refractivity contribution in [2.45, 2.75) is 26.0 Å². The Labute approximate surface area is 116 Å². The third-order valence-electron chi connectivity index (χ3n) is 2.92. The average molecular weight is 286 g/mol. The predicted octanol–water partition coefficient (Wildman–Crippen LogP) is 1.82. The van der Waals surface area contributed by atoms with Gasteiger partial charge in [0, 0.05) is 10.6 Å². The molecule has 6 heteroatoms. The Kier molecular flexibility index (Phi) is 4.91. The number of esters is 1. The first-order valence-corrected chi connectivity index (χ1v) is 6.10. The van der Waals surface area contributed by atoms with E-state index in [2.05, 4.69) is 0 Å². The predicted molar refractivity (Wildman–Crippen MR) is 70.6 cm³/mol. The molecule has 0 radical (unpaired) electrons. The summed E-state index contributed by atoms with van der Waals surface area (Å²) in [5, 5.41) is 9.52. The van der Waals surface area contributed by atoms with Gasteiger partial charge in [-0.25, -0.2) is 9.59 Å². The van der Waals surface area contributed by atoms with Gasteiger partial charge in [0.25, 0.3) is 0 Å². The van der Waals surface area contributed by atoms with Gasteiger partial charge < -0.3 is 15.6 Å². The van der Waals surface area contributed by atoms with Crippen LogP contribution >= 0.6 is 11.6 Å². The number of aliphatic carboxylic acids is 1. The van der Waals surface area contributed by atoms with Gasteiger partial charge in [-0.15, -0.1) is 0 Å². The summed E-state index contributed by atoms with van der Waals surface area (Å²) >= 11 is 5.91. The highest BCUT2D eigenvalue weighted by Gasteiger charge is 2.47. The van der Waals surface area contributed by atoms with Crippen molar-refractivity contribution < 1.29 is 19.4 Å². The molecule has 19 heavy (non-hydrogen) atoms. The summed E-state index contributed by atoms with van der Waals surface area (Å²) in [7, 11) is 0. The van der Waals surface area contributed by atoms with Crippen molar-refractivity contribution >= 4 is 23.5 Å². The van der Waals surface area contributed by atoms with Crippen molar-refractivity contribution in [2.24, 2.45) is 11.7 Å². The summed E-state index contributed by atoms with van der Waals surface area (Å²) in [4.78, 5) is 23.0. The highest BCUT2D eigenvalue weighted by molar-refractivity contribution is 6.31. The Balaban J connectivity index is 2.80. The molecule has 5 nitrogen and oxygen atoms in total. The summed E-state index contributed by atoms with van der Waals surface area (Å²) in [6, 6.07) is 6.82. The summed E-state index contributed by atoms with van der Waals surface area (Å²) in [5.41, 5.74) is 4.16. The molecule has 0 saturated carbocycles. The quantitative estimate of drug-likeness (QED) is 0.636. The highest BCUT2D eigenvalue weighted by atomic mass is 35.5. The minimum atomic E-state index is -2.05. The van der Waals surface area contributed by atoms with Crippen molar-refractivity contribution in [1.29, 1.82) is 0 Å². The lowest BCUT2D eigenvalue weighted by Gasteiger charge is -2.26. The molecule has 104 valence electrons. The van der Waals surface area contributed by atoms with Crippen LogP contribution in [0.5, 0.6) is 0 Å². The molecule has 0 aliphatic carbocycles. The number of benzene rings is 1. The van der Waals surface area contributed by atoms with Crippen LogP contribution in [-0.2, 0) is 20.9 Å². The molecule has 1 aromatic rings. The van der Waals surface area contributed by atoms with Crippen LogP contribution in [-0.4, -0.2) is 22.6 Å². The number of carboxylic acid groups (broad SMARTS) is 1. The van der Waals surface area contributed by atoms with Crippen molar-refractivity contribution in [3.8, 4) is 0 Å². The maximum absolute atomic E-state index is 11.9. The summed E-state index contributed by atoms with van der Waals surface area (Å²) in [5.74, 6) is -2.98. The molecular formula is C13H16ClNO4. The Morgan fingerprint density at radius 2 is 2.00 bits per heavy atom. The molecule has 0 heterocycles. The second-order valence-corrected chi connectivity index (χ2v) is 4.90. The van der Waals surface area contributed by atoms with E-state index in [1.807, 2.05) is 0 Å². The molecule has 0 aromatic heterocycles. The number of hydrogen-bond donors (Lipinski definition) is 2. The van der Waals surface area contributed by atoms with Crippen molar-refractivity contribution in [1.82, 2.24) is 0 Å². The standard InChI is InChI=1S/C13H16ClNO4/c1-8(2)13(15,11(16)17)12(18)19-7-9-5-3-4-6-10(9)14/h3-6,8H,7,15H2,1-2H3,(H,16,17). The first kappa shape index (κ1) is 15.5. The SMILES string of the molecule is CC(C)C(N)(C(=O)O)C(=O)OCc1ccccc1Cl. The van der Waals surface area contributed by atoms with Crippen LogP contribution in [0.25, 0.3) is 0 Å². The number of rotatable bonds is 5. The number of halogens is 1. The summed E-state index contributed by atoms with van der Waals surface area (Å²) < 4.78 is 4.97. The Hall–Kier alpha value is -1.59. The van der Waals surface area contributed by atoms with E-state index in [0.29, 0.717) is 10.6 Å². The first-order chi connectivity index (χ1) is 8.80. The van der Waals surface area contributed by atoms with E-state index in [9.17, 15) is 9.59 Å². The Morgan fingerprint density at radius 3 is 2.47 bits per heavy atom. The number of nitrogens with two attached hydrogens (primary N) is 1. The van der Waals surface area contributed by atoms with Gasteiger partial charge in [-0.05, 0) is 12.0 Å². The van der Waals surface area contributed by atoms with Gasteiger partial charge in [-0.3, -0.25) is 0 Å². The zero-order valence-electron chi connectivity index (χ0n) is 10.7. The molecule has 0 saturated heterocycles. The fourth-order valence-corrected chi connectivity index (χ4v) is 1.64. The number of ether oxygens (including phenoxy) is 1. The lowest BCUT2D eigenvalue weighted by Crippen LogP contribution is -2.59. The molecule has 1 rings (SSSR count). The number of carbonyl (C=O) groups excluding carboxylic acids is 1. The van der Waals surface area contributed by atoms with E-state index >= 15 is 0 Å². The summed E-state index contributed by atoms with van der Waals surface area (Å²) in [6.45, 7) is 2.98. The lowest BCUT2D eigenvalue weighted by atomic mass is 9.87. The van der Waals surface area contributed by atoms with Gasteiger partial charge in [0.15, 0.2) is 0 Å². The molecule has 1 unspecified atom stereocenters. The van der Waals surface area contributed by atoms with E-state index in [-0.39, 0.29) is 6.61 Å². The second-order valence-electron chi connectivity index (χ2n) is 4.50. The van der Waals surface area contributed by atoms with E-state index in [1.54, 1.807) is 38.1 Å². The molecule has 1 atom stereocenters. The molecular weight excluding hydrogens is 270 g/mol. The monoisotopic (exact) mass is 285 g/mol. The fourth-order valence-electron chi connectivity index (χ4n) is 1.45. The zero-order chi connectivity index (χ0) is 14.6. The molecule has 0 amide bonds. The molecule has 0 aliphatic rings. The van der Waals surface area contributed by atoms with Gasteiger partial charge in [0.1, 0.15) is 6.61 Å². The lowest BCUT2D eigenvalue weighted by molar-refractivity contribution is -0.164. The summed E-state index contributed by atoms with van der Waals surface area (Å²) in [6.07, 6.45) is 0. The maximum atomic E-state index is 11.9. The minimum Gasteiger partial charge on any atom is -0.479 e. The smallest absolute Gasteiger partial charge is 0.338 e. The van der Waals surface area contributed by atoms with Crippen LogP contribution in [0.4, 0.5) is 0 Å². The van der Waals surface area contributed by atoms with Crippen LogP contribution in [0.3, 0.4) is 0 Å². The van der Waals surface area contributed by atoms with Crippen LogP contribution in [0.1, 0.15) is 19.4 Å². The van der Waals surface area contributed by atoms with Crippen molar-refractivity contribution in [3.05, 3.63) is 34.9 Å². The maximum Gasteiger partial charge on any atom is 0.338 e. The second kappa shape index (κ2) is 6.04. The number of carboxylic acids is 1. The number of hydrogen-bond acceptors (Lipinski definition) is 4. The molecule has 0 bridgehead atoms. The fraction of sp³-hybridized carbons (Fsp3) is 0.385. The highest BCUT2D eigenvalue weighted by Crippen LogP contribution is 2.20. The third kappa shape index (κ3) is 3.24. The topological polar surface area (TPSA) is 89.6 Å². The Morgan fingerprint density at radius 1 is 1.42 bits per heavy atom. The van der Waals surface area contributed by atoms with E-state index in [0.717, 1.165) is 0 Å². The molecule has 3 N–H and O–H groups in total.